The Kier molecular flexibility index (Phi) is 5.82. The quantitative estimate of drug-likeness (QED) is 0.478. The summed E-state index contributed by atoms with van der Waals surface area (Å²) in [5.41, 5.74) is 14.3. The van der Waals surface area contributed by atoms with E-state index in [0.717, 1.165) is 5.69 Å². The molecule has 3 rings (SSSR count). The van der Waals surface area contributed by atoms with Crippen molar-refractivity contribution in [2.45, 2.75) is 25.8 Å². The van der Waals surface area contributed by atoms with Gasteiger partial charge in [0, 0.05) is 31.1 Å². The highest BCUT2D eigenvalue weighted by molar-refractivity contribution is 5.96. The molecule has 29 heavy (non-hydrogen) atoms. The molecule has 0 spiro atoms. The number of rotatable bonds is 8. The minimum absolute atomic E-state index is 0.0124. The van der Waals surface area contributed by atoms with Crippen molar-refractivity contribution >= 4 is 40.4 Å². The van der Waals surface area contributed by atoms with Gasteiger partial charge in [-0.2, -0.15) is 9.97 Å². The second-order valence-corrected chi connectivity index (χ2v) is 6.57. The van der Waals surface area contributed by atoms with Gasteiger partial charge >= 0.3 is 5.97 Å². The van der Waals surface area contributed by atoms with Gasteiger partial charge < -0.3 is 21.5 Å². The summed E-state index contributed by atoms with van der Waals surface area (Å²) in [4.78, 5) is 41.2. The molecule has 3 aromatic rings. The summed E-state index contributed by atoms with van der Waals surface area (Å²) < 4.78 is 0. The Morgan fingerprint density at radius 2 is 1.79 bits per heavy atom. The van der Waals surface area contributed by atoms with Gasteiger partial charge in [0.25, 0.3) is 0 Å². The largest absolute Gasteiger partial charge is 0.481 e. The fraction of sp³-hybridized carbons (Fsp3) is 0.263. The highest BCUT2D eigenvalue weighted by Gasteiger charge is 2.11. The van der Waals surface area contributed by atoms with E-state index < -0.39 is 5.97 Å². The van der Waals surface area contributed by atoms with Crippen molar-refractivity contribution in [3.8, 4) is 0 Å². The van der Waals surface area contributed by atoms with Crippen LogP contribution >= 0.6 is 0 Å². The third-order valence-electron chi connectivity index (χ3n) is 4.32. The molecule has 2 aromatic heterocycles. The predicted octanol–water partition coefficient (Wildman–Crippen LogP) is 1.66. The average molecular weight is 395 g/mol. The molecule has 0 aliphatic carbocycles. The molecule has 0 bridgehead atoms. The highest BCUT2D eigenvalue weighted by Crippen LogP contribution is 2.19. The van der Waals surface area contributed by atoms with Crippen LogP contribution in [0, 0.1) is 0 Å². The van der Waals surface area contributed by atoms with Gasteiger partial charge in [0.15, 0.2) is 22.8 Å². The number of Topliss-reactive ketones (excluding diaryl/α,β-unsaturated/α-hetero) is 1. The molecule has 1 aromatic carbocycles. The number of fused-ring (bicyclic) bond motifs is 1. The Hall–Kier alpha value is -3.82. The summed E-state index contributed by atoms with van der Waals surface area (Å²) in [6, 6.07) is 7.12. The number of anilines is 3. The van der Waals surface area contributed by atoms with E-state index in [1.807, 2.05) is 24.1 Å². The minimum atomic E-state index is -0.900. The van der Waals surface area contributed by atoms with E-state index in [1.165, 1.54) is 0 Å². The van der Waals surface area contributed by atoms with Crippen LogP contribution in [0.15, 0.2) is 30.5 Å². The molecule has 10 heteroatoms. The number of carbonyl (C=O) groups is 2. The van der Waals surface area contributed by atoms with Crippen molar-refractivity contribution in [1.82, 2.24) is 19.9 Å². The van der Waals surface area contributed by atoms with Crippen LogP contribution < -0.4 is 16.4 Å². The number of aliphatic carboxylic acids is 1. The Morgan fingerprint density at radius 3 is 2.48 bits per heavy atom. The van der Waals surface area contributed by atoms with Crippen LogP contribution in [0.2, 0.25) is 0 Å². The van der Waals surface area contributed by atoms with E-state index in [9.17, 15) is 9.59 Å². The Bertz CT molecular complexity index is 1050. The van der Waals surface area contributed by atoms with E-state index in [1.54, 1.807) is 18.3 Å². The van der Waals surface area contributed by atoms with Crippen molar-refractivity contribution in [2.75, 3.05) is 23.4 Å². The number of nitrogens with two attached hydrogens (primary N) is 2. The molecule has 0 fully saturated rings. The fourth-order valence-corrected chi connectivity index (χ4v) is 2.84. The lowest BCUT2D eigenvalue weighted by molar-refractivity contribution is -0.137. The van der Waals surface area contributed by atoms with Gasteiger partial charge in [-0.15, -0.1) is 0 Å². The van der Waals surface area contributed by atoms with Gasteiger partial charge in [-0.05, 0) is 30.7 Å². The average Bonchev–Trinajstić information content (AvgIpc) is 2.68. The SMILES string of the molecule is CN(Cc1cnc2nc(N)nc(N)c2n1)c1ccc(C(=O)CCCC(=O)O)cc1. The summed E-state index contributed by atoms with van der Waals surface area (Å²) in [7, 11) is 1.89. The molecule has 150 valence electrons. The molecule has 2 heterocycles. The van der Waals surface area contributed by atoms with E-state index in [-0.39, 0.29) is 30.4 Å². The first-order valence-electron chi connectivity index (χ1n) is 8.94. The summed E-state index contributed by atoms with van der Waals surface area (Å²) >= 11 is 0. The topological polar surface area (TPSA) is 161 Å². The molecule has 0 amide bonds. The number of carboxylic acids is 1. The zero-order chi connectivity index (χ0) is 21.0. The second kappa shape index (κ2) is 8.46. The highest BCUT2D eigenvalue weighted by atomic mass is 16.4. The Labute approximate surface area is 166 Å². The number of aromatic nitrogens is 4. The predicted molar refractivity (Wildman–Crippen MR) is 108 cm³/mol. The number of nitrogens with zero attached hydrogens (tertiary/aromatic N) is 5. The molecule has 0 aliphatic heterocycles. The van der Waals surface area contributed by atoms with Crippen molar-refractivity contribution in [3.63, 3.8) is 0 Å². The molecule has 0 saturated carbocycles. The molecule has 0 atom stereocenters. The number of benzene rings is 1. The van der Waals surface area contributed by atoms with Crippen LogP contribution in [0.4, 0.5) is 17.5 Å². The normalized spacial score (nSPS) is 10.8. The maximum atomic E-state index is 12.1. The van der Waals surface area contributed by atoms with Crippen LogP contribution in [0.25, 0.3) is 11.2 Å². The molecular formula is C19H21N7O3. The van der Waals surface area contributed by atoms with Crippen molar-refractivity contribution in [2.24, 2.45) is 0 Å². The zero-order valence-corrected chi connectivity index (χ0v) is 15.9. The second-order valence-electron chi connectivity index (χ2n) is 6.57. The van der Waals surface area contributed by atoms with Crippen LogP contribution in [-0.4, -0.2) is 43.8 Å². The number of carbonyl (C=O) groups excluding carboxylic acids is 1. The number of hydrogen-bond acceptors (Lipinski definition) is 9. The summed E-state index contributed by atoms with van der Waals surface area (Å²) in [6.07, 6.45) is 2.13. The third-order valence-corrected chi connectivity index (χ3v) is 4.32. The van der Waals surface area contributed by atoms with Gasteiger partial charge in [0.1, 0.15) is 0 Å². The van der Waals surface area contributed by atoms with Gasteiger partial charge in [0.05, 0.1) is 18.4 Å². The molecule has 0 radical (unpaired) electrons. The third kappa shape index (κ3) is 4.92. The van der Waals surface area contributed by atoms with E-state index in [0.29, 0.717) is 35.4 Å². The first-order valence-corrected chi connectivity index (χ1v) is 8.94. The summed E-state index contributed by atoms with van der Waals surface area (Å²) in [5.74, 6) is -0.749. The smallest absolute Gasteiger partial charge is 0.303 e. The molecule has 0 unspecified atom stereocenters. The zero-order valence-electron chi connectivity index (χ0n) is 15.9. The maximum Gasteiger partial charge on any atom is 0.303 e. The number of ketones is 1. The van der Waals surface area contributed by atoms with E-state index in [4.69, 9.17) is 16.6 Å². The standard InChI is InChI=1S/C19H21N7O3/c1-26(10-12-9-22-18-16(23-12)17(20)24-19(21)25-18)13-7-5-11(6-8-13)14(27)3-2-4-15(28)29/h5-9H,2-4,10H2,1H3,(H,28,29)(H4,20,21,22,24,25). The monoisotopic (exact) mass is 395 g/mol. The number of nitrogen functional groups attached to an aromatic ring is 2. The Morgan fingerprint density at radius 1 is 1.07 bits per heavy atom. The van der Waals surface area contributed by atoms with E-state index in [2.05, 4.69) is 19.9 Å². The van der Waals surface area contributed by atoms with Crippen LogP contribution in [0.5, 0.6) is 0 Å². The van der Waals surface area contributed by atoms with E-state index >= 15 is 0 Å². The number of hydrogen-bond donors (Lipinski definition) is 3. The first kappa shape index (κ1) is 19.9. The van der Waals surface area contributed by atoms with Gasteiger partial charge in [-0.25, -0.2) is 9.97 Å². The molecular weight excluding hydrogens is 374 g/mol. The maximum absolute atomic E-state index is 12.1. The molecule has 5 N–H and O–H groups in total. The van der Waals surface area contributed by atoms with Gasteiger partial charge in [0.2, 0.25) is 5.95 Å². The fourth-order valence-electron chi connectivity index (χ4n) is 2.84. The van der Waals surface area contributed by atoms with Crippen molar-refractivity contribution < 1.29 is 14.7 Å². The lowest BCUT2D eigenvalue weighted by atomic mass is 10.0. The van der Waals surface area contributed by atoms with Crippen LogP contribution in [0.3, 0.4) is 0 Å². The molecule has 0 aliphatic rings. The van der Waals surface area contributed by atoms with Gasteiger partial charge in [-0.1, -0.05) is 0 Å². The van der Waals surface area contributed by atoms with Gasteiger partial charge in [-0.3, -0.25) is 9.59 Å². The van der Waals surface area contributed by atoms with Crippen LogP contribution in [-0.2, 0) is 11.3 Å². The first-order chi connectivity index (χ1) is 13.8. The summed E-state index contributed by atoms with van der Waals surface area (Å²) in [5, 5.41) is 8.66. The number of carboxylic acid groups (broad SMARTS) is 1. The van der Waals surface area contributed by atoms with Crippen molar-refractivity contribution in [1.29, 1.82) is 0 Å². The van der Waals surface area contributed by atoms with Crippen molar-refractivity contribution in [3.05, 3.63) is 41.7 Å². The lowest BCUT2D eigenvalue weighted by Crippen LogP contribution is -2.18. The molecule has 10 nitrogen and oxygen atoms in total. The summed E-state index contributed by atoms with van der Waals surface area (Å²) in [6.45, 7) is 0.457. The molecule has 0 saturated heterocycles. The lowest BCUT2D eigenvalue weighted by Gasteiger charge is -2.19. The Balaban J connectivity index is 1.67. The minimum Gasteiger partial charge on any atom is -0.481 e. The van der Waals surface area contributed by atoms with Crippen LogP contribution in [0.1, 0.15) is 35.3 Å².